The van der Waals surface area contributed by atoms with Gasteiger partial charge in [0.25, 0.3) is 0 Å². The van der Waals surface area contributed by atoms with Gasteiger partial charge in [-0.3, -0.25) is 4.79 Å². The summed E-state index contributed by atoms with van der Waals surface area (Å²) in [6.07, 6.45) is 2.82. The molecule has 0 aromatic heterocycles. The van der Waals surface area contributed by atoms with Gasteiger partial charge in [-0.15, -0.1) is 12.4 Å². The summed E-state index contributed by atoms with van der Waals surface area (Å²) in [6, 6.07) is 0. The van der Waals surface area contributed by atoms with Crippen molar-refractivity contribution in [3.05, 3.63) is 0 Å². The van der Waals surface area contributed by atoms with Crippen molar-refractivity contribution in [2.24, 2.45) is 5.92 Å². The minimum Gasteiger partial charge on any atom is -0.481 e. The predicted octanol–water partition coefficient (Wildman–Crippen LogP) is 1.61. The Hall–Kier alpha value is -0.280. The van der Waals surface area contributed by atoms with E-state index in [2.05, 4.69) is 11.8 Å². The molecule has 1 aliphatic rings. The second-order valence-electron chi connectivity index (χ2n) is 3.45. The quantitative estimate of drug-likeness (QED) is 0.765. The molecule has 0 saturated carbocycles. The molecule has 1 heterocycles. The number of hydrogen-bond donors (Lipinski definition) is 1. The predicted molar refractivity (Wildman–Crippen MR) is 54.3 cm³/mol. The van der Waals surface area contributed by atoms with Crippen LogP contribution in [0.5, 0.6) is 0 Å². The highest BCUT2D eigenvalue weighted by molar-refractivity contribution is 5.85. The summed E-state index contributed by atoms with van der Waals surface area (Å²) in [5.74, 6) is -0.704. The van der Waals surface area contributed by atoms with Crippen LogP contribution in [0.1, 0.15) is 26.2 Å². The fourth-order valence-electron chi connectivity index (χ4n) is 1.72. The molecule has 4 heteroatoms. The topological polar surface area (TPSA) is 40.5 Å². The van der Waals surface area contributed by atoms with Crippen LogP contribution < -0.4 is 0 Å². The second kappa shape index (κ2) is 6.22. The smallest absolute Gasteiger partial charge is 0.306 e. The van der Waals surface area contributed by atoms with Crippen molar-refractivity contribution in [2.75, 3.05) is 19.6 Å². The molecule has 1 rings (SSSR count). The first-order chi connectivity index (χ1) is 5.74. The molecule has 0 spiro atoms. The average Bonchev–Trinajstić information content (AvgIpc) is 2.06. The van der Waals surface area contributed by atoms with E-state index in [1.54, 1.807) is 0 Å². The molecule has 1 fully saturated rings. The molecule has 1 saturated heterocycles. The third kappa shape index (κ3) is 3.96. The molecule has 0 aliphatic carbocycles. The molecule has 0 atom stereocenters. The van der Waals surface area contributed by atoms with Crippen LogP contribution in [0.4, 0.5) is 0 Å². The molecule has 0 unspecified atom stereocenters. The average molecular weight is 208 g/mol. The number of halogens is 1. The van der Waals surface area contributed by atoms with Gasteiger partial charge in [0.2, 0.25) is 0 Å². The second-order valence-corrected chi connectivity index (χ2v) is 3.45. The Morgan fingerprint density at radius 1 is 1.46 bits per heavy atom. The molecule has 0 radical (unpaired) electrons. The molecule has 0 aromatic carbocycles. The number of carboxylic acids is 1. The van der Waals surface area contributed by atoms with Crippen molar-refractivity contribution in [2.45, 2.75) is 26.2 Å². The van der Waals surface area contributed by atoms with E-state index in [1.165, 1.54) is 0 Å². The first-order valence-corrected chi connectivity index (χ1v) is 4.69. The molecule has 0 bridgehead atoms. The highest BCUT2D eigenvalue weighted by Gasteiger charge is 2.23. The number of rotatable bonds is 3. The van der Waals surface area contributed by atoms with Crippen LogP contribution in [0.15, 0.2) is 0 Å². The summed E-state index contributed by atoms with van der Waals surface area (Å²) in [6.45, 7) is 5.20. The van der Waals surface area contributed by atoms with Crippen LogP contribution in [0.25, 0.3) is 0 Å². The summed E-state index contributed by atoms with van der Waals surface area (Å²) >= 11 is 0. The van der Waals surface area contributed by atoms with Crippen molar-refractivity contribution in [3.63, 3.8) is 0 Å². The molecule has 0 aromatic rings. The minimum absolute atomic E-state index is 0. The Kier molecular flexibility index (Phi) is 6.08. The van der Waals surface area contributed by atoms with Gasteiger partial charge in [-0.05, 0) is 38.9 Å². The van der Waals surface area contributed by atoms with Crippen LogP contribution in [0, 0.1) is 5.92 Å². The van der Waals surface area contributed by atoms with Crippen molar-refractivity contribution < 1.29 is 9.90 Å². The molecular weight excluding hydrogens is 190 g/mol. The molecule has 0 amide bonds. The Morgan fingerprint density at radius 2 is 2.00 bits per heavy atom. The lowest BCUT2D eigenvalue weighted by Crippen LogP contribution is -2.36. The lowest BCUT2D eigenvalue weighted by atomic mass is 9.97. The number of carboxylic acid groups (broad SMARTS) is 1. The number of likely N-dealkylation sites (tertiary alicyclic amines) is 1. The standard InChI is InChI=1S/C9H17NO2.ClH/c1-2-5-10-6-3-8(4-7-10)9(11)12;/h8H,2-7H2,1H3,(H,11,12);1H. The van der Waals surface area contributed by atoms with Crippen molar-refractivity contribution in [1.29, 1.82) is 0 Å². The fourth-order valence-corrected chi connectivity index (χ4v) is 1.72. The van der Waals surface area contributed by atoms with Crippen LogP contribution in [0.3, 0.4) is 0 Å². The monoisotopic (exact) mass is 207 g/mol. The molecule has 78 valence electrons. The lowest BCUT2D eigenvalue weighted by Gasteiger charge is -2.29. The van der Waals surface area contributed by atoms with E-state index in [9.17, 15) is 4.79 Å². The van der Waals surface area contributed by atoms with E-state index in [-0.39, 0.29) is 18.3 Å². The molecule has 3 nitrogen and oxygen atoms in total. The van der Waals surface area contributed by atoms with Gasteiger partial charge in [0.05, 0.1) is 5.92 Å². The van der Waals surface area contributed by atoms with E-state index in [0.717, 1.165) is 38.9 Å². The maximum atomic E-state index is 10.6. The van der Waals surface area contributed by atoms with E-state index < -0.39 is 5.97 Å². The van der Waals surface area contributed by atoms with E-state index >= 15 is 0 Å². The summed E-state index contributed by atoms with van der Waals surface area (Å²) < 4.78 is 0. The first kappa shape index (κ1) is 12.7. The van der Waals surface area contributed by atoms with E-state index in [1.807, 2.05) is 0 Å². The zero-order chi connectivity index (χ0) is 8.97. The molecule has 1 aliphatic heterocycles. The van der Waals surface area contributed by atoms with Gasteiger partial charge < -0.3 is 10.0 Å². The zero-order valence-corrected chi connectivity index (χ0v) is 8.85. The number of aliphatic carboxylic acids is 1. The number of carbonyl (C=O) groups is 1. The number of hydrogen-bond acceptors (Lipinski definition) is 2. The third-order valence-corrected chi connectivity index (χ3v) is 2.48. The van der Waals surface area contributed by atoms with E-state index in [0.29, 0.717) is 0 Å². The first-order valence-electron chi connectivity index (χ1n) is 4.69. The maximum Gasteiger partial charge on any atom is 0.306 e. The fraction of sp³-hybridized carbons (Fsp3) is 0.889. The van der Waals surface area contributed by atoms with E-state index in [4.69, 9.17) is 5.11 Å². The summed E-state index contributed by atoms with van der Waals surface area (Å²) in [5, 5.41) is 8.74. The molecular formula is C9H18ClNO2. The maximum absolute atomic E-state index is 10.6. The Labute approximate surface area is 85.5 Å². The summed E-state index contributed by atoms with van der Waals surface area (Å²) in [7, 11) is 0. The Morgan fingerprint density at radius 3 is 2.38 bits per heavy atom. The van der Waals surface area contributed by atoms with Crippen molar-refractivity contribution in [3.8, 4) is 0 Å². The van der Waals surface area contributed by atoms with Gasteiger partial charge in [-0.1, -0.05) is 6.92 Å². The normalized spacial score (nSPS) is 19.5. The van der Waals surface area contributed by atoms with Gasteiger partial charge in [-0.25, -0.2) is 0 Å². The highest BCUT2D eigenvalue weighted by Crippen LogP contribution is 2.16. The molecule has 13 heavy (non-hydrogen) atoms. The number of nitrogens with zero attached hydrogens (tertiary/aromatic N) is 1. The van der Waals surface area contributed by atoms with Gasteiger partial charge in [0, 0.05) is 0 Å². The highest BCUT2D eigenvalue weighted by atomic mass is 35.5. The van der Waals surface area contributed by atoms with Crippen molar-refractivity contribution >= 4 is 18.4 Å². The lowest BCUT2D eigenvalue weighted by molar-refractivity contribution is -0.143. The van der Waals surface area contributed by atoms with Crippen LogP contribution in [-0.2, 0) is 4.79 Å². The van der Waals surface area contributed by atoms with Gasteiger partial charge >= 0.3 is 5.97 Å². The third-order valence-electron chi connectivity index (χ3n) is 2.48. The van der Waals surface area contributed by atoms with Crippen LogP contribution in [-0.4, -0.2) is 35.6 Å². The SMILES string of the molecule is CCCN1CCC(C(=O)O)CC1.Cl. The molecule has 1 N–H and O–H groups in total. The number of piperidine rings is 1. The minimum atomic E-state index is -0.619. The largest absolute Gasteiger partial charge is 0.481 e. The van der Waals surface area contributed by atoms with Gasteiger partial charge in [0.1, 0.15) is 0 Å². The van der Waals surface area contributed by atoms with Crippen LogP contribution >= 0.6 is 12.4 Å². The summed E-state index contributed by atoms with van der Waals surface area (Å²) in [5.41, 5.74) is 0. The Bertz CT molecular complexity index is 156. The zero-order valence-electron chi connectivity index (χ0n) is 8.03. The van der Waals surface area contributed by atoms with Crippen molar-refractivity contribution in [1.82, 2.24) is 4.90 Å². The Balaban J connectivity index is 0.00000144. The van der Waals surface area contributed by atoms with Crippen LogP contribution in [0.2, 0.25) is 0 Å². The van der Waals surface area contributed by atoms with Gasteiger partial charge in [-0.2, -0.15) is 0 Å². The van der Waals surface area contributed by atoms with Gasteiger partial charge in [0.15, 0.2) is 0 Å². The summed E-state index contributed by atoms with van der Waals surface area (Å²) in [4.78, 5) is 12.9.